The van der Waals surface area contributed by atoms with E-state index in [0.717, 1.165) is 31.6 Å². The highest BCUT2D eigenvalue weighted by Crippen LogP contribution is 2.40. The molecule has 3 aromatic rings. The maximum absolute atomic E-state index is 13.1. The van der Waals surface area contributed by atoms with Gasteiger partial charge in [-0.15, -0.1) is 10.2 Å². The normalized spacial score (nSPS) is 22.2. The van der Waals surface area contributed by atoms with Gasteiger partial charge >= 0.3 is 6.01 Å². The van der Waals surface area contributed by atoms with E-state index >= 15 is 0 Å². The molecule has 32 heavy (non-hydrogen) atoms. The van der Waals surface area contributed by atoms with Crippen LogP contribution in [0.4, 0.5) is 16.0 Å². The fourth-order valence-electron chi connectivity index (χ4n) is 4.65. The van der Waals surface area contributed by atoms with E-state index in [9.17, 15) is 4.39 Å². The fraction of sp³-hybridized carbons (Fsp3) is 0.429. The number of aryl methyl sites for hydroxylation is 1. The third-order valence-corrected chi connectivity index (χ3v) is 6.46. The molecule has 2 bridgehead atoms. The third-order valence-electron chi connectivity index (χ3n) is 6.04. The maximum atomic E-state index is 13.1. The van der Waals surface area contributed by atoms with Crippen molar-refractivity contribution in [3.05, 3.63) is 46.7 Å². The quantitative estimate of drug-likeness (QED) is 0.537. The summed E-state index contributed by atoms with van der Waals surface area (Å²) in [5.41, 5.74) is 0.989. The van der Waals surface area contributed by atoms with Crippen molar-refractivity contribution in [2.75, 3.05) is 30.0 Å². The van der Waals surface area contributed by atoms with E-state index in [1.54, 1.807) is 30.5 Å². The Kier molecular flexibility index (Phi) is 6.01. The van der Waals surface area contributed by atoms with Gasteiger partial charge in [-0.25, -0.2) is 9.07 Å². The van der Waals surface area contributed by atoms with Crippen LogP contribution in [0.15, 0.2) is 36.5 Å². The molecule has 2 fully saturated rings. The first-order chi connectivity index (χ1) is 15.6. The lowest BCUT2D eigenvalue weighted by molar-refractivity contribution is 0.363. The van der Waals surface area contributed by atoms with Crippen LogP contribution in [-0.2, 0) is 6.54 Å². The Morgan fingerprint density at radius 1 is 1.16 bits per heavy atom. The number of nitrogens with one attached hydrogen (secondary N) is 1. The molecule has 1 unspecified atom stereocenters. The number of anilines is 2. The predicted octanol–water partition coefficient (Wildman–Crippen LogP) is 4.46. The summed E-state index contributed by atoms with van der Waals surface area (Å²) >= 11 is 12.1. The summed E-state index contributed by atoms with van der Waals surface area (Å²) in [7, 11) is 0. The third kappa shape index (κ3) is 4.45. The van der Waals surface area contributed by atoms with Gasteiger partial charge < -0.3 is 15.0 Å². The largest absolute Gasteiger partial charge is 0.424 e. The topological polar surface area (TPSA) is 81.0 Å². The molecule has 1 aliphatic carbocycles. The average Bonchev–Trinajstić information content (AvgIpc) is 3.23. The number of ether oxygens (including phenoxy) is 1. The monoisotopic (exact) mass is 477 g/mol. The number of alkyl halides is 1. The standard InChI is InChI=1S/C21H22Cl2FN7O/c22-15-2-1-3-17(8-15)32-21-27-20(29-31(21)7-6-24)26-19-13-4-5-14(19)12-30(11-13)16-9-18(23)28-25-10-16/h1-3,8-10,13-14,19H,4-7,11-12H2,(H,26,29)/t13-,14+,19?. The summed E-state index contributed by atoms with van der Waals surface area (Å²) in [4.78, 5) is 6.80. The maximum Gasteiger partial charge on any atom is 0.322 e. The van der Waals surface area contributed by atoms with E-state index in [1.165, 1.54) is 4.68 Å². The van der Waals surface area contributed by atoms with Crippen molar-refractivity contribution < 1.29 is 9.13 Å². The Hall–Kier alpha value is -2.65. The number of halogens is 3. The number of benzene rings is 1. The van der Waals surface area contributed by atoms with Gasteiger partial charge in [-0.3, -0.25) is 0 Å². The molecule has 1 aliphatic heterocycles. The summed E-state index contributed by atoms with van der Waals surface area (Å²) in [5.74, 6) is 1.81. The molecule has 1 N–H and O–H groups in total. The Morgan fingerprint density at radius 3 is 2.69 bits per heavy atom. The lowest BCUT2D eigenvalue weighted by Gasteiger charge is -2.39. The molecule has 2 aromatic heterocycles. The second-order valence-corrected chi connectivity index (χ2v) is 8.92. The predicted molar refractivity (Wildman–Crippen MR) is 120 cm³/mol. The van der Waals surface area contributed by atoms with Gasteiger partial charge in [-0.2, -0.15) is 10.1 Å². The zero-order chi connectivity index (χ0) is 22.1. The molecular weight excluding hydrogens is 456 g/mol. The molecule has 1 saturated heterocycles. The molecule has 5 rings (SSSR count). The Balaban J connectivity index is 1.31. The molecule has 0 amide bonds. The molecule has 0 spiro atoms. The number of hydrogen-bond donors (Lipinski definition) is 1. The van der Waals surface area contributed by atoms with Gasteiger partial charge in [-0.1, -0.05) is 29.3 Å². The zero-order valence-electron chi connectivity index (χ0n) is 17.2. The minimum absolute atomic E-state index is 0.0612. The Labute approximate surface area is 194 Å². The minimum Gasteiger partial charge on any atom is -0.424 e. The van der Waals surface area contributed by atoms with Crippen LogP contribution in [0.3, 0.4) is 0 Å². The molecule has 168 valence electrons. The van der Waals surface area contributed by atoms with Gasteiger partial charge in [0.15, 0.2) is 5.15 Å². The molecule has 1 saturated carbocycles. The molecular formula is C21H22Cl2FN7O. The highest BCUT2D eigenvalue weighted by Gasteiger charge is 2.42. The number of hydrogen-bond acceptors (Lipinski definition) is 7. The van der Waals surface area contributed by atoms with Gasteiger partial charge in [0.25, 0.3) is 0 Å². The lowest BCUT2D eigenvalue weighted by atomic mass is 9.92. The average molecular weight is 478 g/mol. The first-order valence-electron chi connectivity index (χ1n) is 10.5. The van der Waals surface area contributed by atoms with Gasteiger partial charge in [0.2, 0.25) is 5.95 Å². The van der Waals surface area contributed by atoms with Crippen molar-refractivity contribution in [1.82, 2.24) is 25.0 Å². The molecule has 2 aliphatic rings. The highest BCUT2D eigenvalue weighted by molar-refractivity contribution is 6.30. The molecule has 0 radical (unpaired) electrons. The van der Waals surface area contributed by atoms with Crippen molar-refractivity contribution in [3.8, 4) is 11.8 Å². The van der Waals surface area contributed by atoms with Crippen LogP contribution in [0.2, 0.25) is 10.2 Å². The second kappa shape index (κ2) is 9.07. The highest BCUT2D eigenvalue weighted by atomic mass is 35.5. The SMILES string of the molecule is FCCn1nc(NC2[C@@H]3CC[C@H]2CN(c2cnnc(Cl)c2)C3)nc1Oc1cccc(Cl)c1. The first-order valence-corrected chi connectivity index (χ1v) is 11.3. The van der Waals surface area contributed by atoms with Crippen molar-refractivity contribution in [2.45, 2.75) is 25.4 Å². The van der Waals surface area contributed by atoms with Gasteiger partial charge in [-0.05, 0) is 42.9 Å². The van der Waals surface area contributed by atoms with Crippen molar-refractivity contribution in [3.63, 3.8) is 0 Å². The summed E-state index contributed by atoms with van der Waals surface area (Å²) in [6.45, 7) is 1.26. The van der Waals surface area contributed by atoms with E-state index in [1.807, 2.05) is 6.07 Å². The summed E-state index contributed by atoms with van der Waals surface area (Å²) < 4.78 is 20.4. The Bertz CT molecular complexity index is 1080. The fourth-order valence-corrected chi connectivity index (χ4v) is 4.98. The van der Waals surface area contributed by atoms with Crippen LogP contribution in [0.1, 0.15) is 12.8 Å². The smallest absolute Gasteiger partial charge is 0.322 e. The number of piperidine rings is 1. The van der Waals surface area contributed by atoms with E-state index in [4.69, 9.17) is 27.9 Å². The number of aromatic nitrogens is 5. The van der Waals surface area contributed by atoms with E-state index in [-0.39, 0.29) is 18.6 Å². The van der Waals surface area contributed by atoms with Gasteiger partial charge in [0.05, 0.1) is 18.4 Å². The molecule has 1 aromatic carbocycles. The van der Waals surface area contributed by atoms with Crippen LogP contribution < -0.4 is 15.0 Å². The van der Waals surface area contributed by atoms with Crippen LogP contribution in [0.25, 0.3) is 0 Å². The van der Waals surface area contributed by atoms with E-state index in [2.05, 4.69) is 30.5 Å². The Morgan fingerprint density at radius 2 is 1.97 bits per heavy atom. The summed E-state index contributed by atoms with van der Waals surface area (Å²) in [6, 6.07) is 9.30. The van der Waals surface area contributed by atoms with Crippen molar-refractivity contribution in [2.24, 2.45) is 11.8 Å². The van der Waals surface area contributed by atoms with Crippen molar-refractivity contribution in [1.29, 1.82) is 0 Å². The molecule has 8 nitrogen and oxygen atoms in total. The summed E-state index contributed by atoms with van der Waals surface area (Å²) in [5, 5.41) is 16.7. The minimum atomic E-state index is -0.569. The molecule has 3 heterocycles. The molecule has 3 atom stereocenters. The van der Waals surface area contributed by atoms with Crippen LogP contribution in [-0.4, -0.2) is 50.8 Å². The second-order valence-electron chi connectivity index (χ2n) is 8.10. The van der Waals surface area contributed by atoms with Crippen molar-refractivity contribution >= 4 is 34.8 Å². The first kappa shape index (κ1) is 21.2. The number of fused-ring (bicyclic) bond motifs is 2. The zero-order valence-corrected chi connectivity index (χ0v) is 18.7. The number of rotatable bonds is 7. The molecule has 11 heteroatoms. The lowest BCUT2D eigenvalue weighted by Crippen LogP contribution is -2.48. The van der Waals surface area contributed by atoms with Crippen LogP contribution in [0, 0.1) is 11.8 Å². The van der Waals surface area contributed by atoms with Crippen LogP contribution >= 0.6 is 23.2 Å². The van der Waals surface area contributed by atoms with E-state index < -0.39 is 6.67 Å². The van der Waals surface area contributed by atoms with Gasteiger partial charge in [0, 0.05) is 30.2 Å². The summed E-state index contributed by atoms with van der Waals surface area (Å²) in [6.07, 6.45) is 3.98. The van der Waals surface area contributed by atoms with Gasteiger partial charge in [0.1, 0.15) is 12.4 Å². The van der Waals surface area contributed by atoms with Crippen LogP contribution in [0.5, 0.6) is 11.8 Å². The number of nitrogens with zero attached hydrogens (tertiary/aromatic N) is 6. The van der Waals surface area contributed by atoms with E-state index in [0.29, 0.717) is 33.7 Å².